The third-order valence-electron chi connectivity index (χ3n) is 6.11. The maximum Gasteiger partial charge on any atom is 0.258 e. The van der Waals surface area contributed by atoms with Crippen LogP contribution in [-0.2, 0) is 0 Å². The smallest absolute Gasteiger partial charge is 0.258 e. The summed E-state index contributed by atoms with van der Waals surface area (Å²) in [6.07, 6.45) is 2.06. The number of hydrogen-bond acceptors (Lipinski definition) is 5. The molecule has 0 bridgehead atoms. The Hall–Kier alpha value is -2.73. The molecule has 2 saturated heterocycles. The molecule has 2 fully saturated rings. The second-order valence-electron chi connectivity index (χ2n) is 7.57. The van der Waals surface area contributed by atoms with Gasteiger partial charge in [-0.3, -0.25) is 4.79 Å². The number of hydrogen-bond donors (Lipinski definition) is 1. The van der Waals surface area contributed by atoms with Crippen molar-refractivity contribution in [3.8, 4) is 17.2 Å². The van der Waals surface area contributed by atoms with Gasteiger partial charge in [0.15, 0.2) is 11.5 Å². The molecule has 2 aliphatic heterocycles. The van der Waals surface area contributed by atoms with Gasteiger partial charge in [-0.1, -0.05) is 18.2 Å². The first kappa shape index (κ1) is 19.6. The highest BCUT2D eigenvalue weighted by Crippen LogP contribution is 2.39. The van der Waals surface area contributed by atoms with Gasteiger partial charge in [-0.05, 0) is 49.2 Å². The Bertz CT molecular complexity index is 885. The lowest BCUT2D eigenvalue weighted by Gasteiger charge is -2.33. The molecule has 6 nitrogen and oxygen atoms in total. The number of nitrogens with one attached hydrogen (secondary N) is 1. The van der Waals surface area contributed by atoms with Crippen molar-refractivity contribution in [3.63, 3.8) is 0 Å². The maximum absolute atomic E-state index is 13.6. The highest BCUT2D eigenvalue weighted by Gasteiger charge is 2.46. The van der Waals surface area contributed by atoms with E-state index in [4.69, 9.17) is 14.2 Å². The average molecular weight is 396 g/mol. The van der Waals surface area contributed by atoms with Crippen molar-refractivity contribution in [1.82, 2.24) is 10.2 Å². The molecule has 6 heteroatoms. The molecular weight excluding hydrogens is 368 g/mol. The summed E-state index contributed by atoms with van der Waals surface area (Å²) in [6, 6.07) is 14.0. The maximum atomic E-state index is 13.6. The molecule has 0 aromatic heterocycles. The summed E-state index contributed by atoms with van der Waals surface area (Å²) in [5, 5.41) is 3.66. The van der Waals surface area contributed by atoms with Gasteiger partial charge in [0.05, 0.1) is 26.9 Å². The molecule has 0 saturated carbocycles. The van der Waals surface area contributed by atoms with Crippen molar-refractivity contribution in [2.24, 2.45) is 0 Å². The van der Waals surface area contributed by atoms with Crippen molar-refractivity contribution >= 4 is 5.91 Å². The molecule has 29 heavy (non-hydrogen) atoms. The van der Waals surface area contributed by atoms with Crippen molar-refractivity contribution in [1.29, 1.82) is 0 Å². The van der Waals surface area contributed by atoms with Gasteiger partial charge in [0.25, 0.3) is 5.91 Å². The van der Waals surface area contributed by atoms with Crippen LogP contribution in [0, 0.1) is 0 Å². The number of methoxy groups -OCH3 is 3. The Balaban J connectivity index is 1.68. The summed E-state index contributed by atoms with van der Waals surface area (Å²) in [7, 11) is 4.84. The minimum absolute atomic E-state index is 0.00940. The van der Waals surface area contributed by atoms with E-state index in [1.807, 2.05) is 35.2 Å². The van der Waals surface area contributed by atoms with E-state index in [2.05, 4.69) is 17.4 Å². The fraction of sp³-hybridized carbons (Fsp3) is 0.435. The van der Waals surface area contributed by atoms with Crippen LogP contribution in [0.3, 0.4) is 0 Å². The highest BCUT2D eigenvalue weighted by atomic mass is 16.5. The predicted octanol–water partition coefficient (Wildman–Crippen LogP) is 3.07. The zero-order chi connectivity index (χ0) is 20.4. The average Bonchev–Trinajstić information content (AvgIpc) is 3.17. The van der Waals surface area contributed by atoms with Gasteiger partial charge in [-0.15, -0.1) is 0 Å². The quantitative estimate of drug-likeness (QED) is 0.842. The van der Waals surface area contributed by atoms with E-state index < -0.39 is 0 Å². The van der Waals surface area contributed by atoms with Gasteiger partial charge in [-0.2, -0.15) is 0 Å². The fourth-order valence-electron chi connectivity index (χ4n) is 4.75. The SMILES string of the molecule is COc1cccc([C@H]2CN(C(=O)c3cccc(OC)c3OC)[C@@H]3CCCN[C@H]23)c1. The Morgan fingerprint density at radius 1 is 1.07 bits per heavy atom. The highest BCUT2D eigenvalue weighted by molar-refractivity contribution is 5.98. The molecule has 4 rings (SSSR count). The fourth-order valence-corrected chi connectivity index (χ4v) is 4.75. The number of carbonyl (C=O) groups excluding carboxylic acids is 1. The Morgan fingerprint density at radius 3 is 2.66 bits per heavy atom. The van der Waals surface area contributed by atoms with E-state index in [0.29, 0.717) is 23.6 Å². The summed E-state index contributed by atoms with van der Waals surface area (Å²) in [5.74, 6) is 2.11. The Kier molecular flexibility index (Phi) is 5.62. The summed E-state index contributed by atoms with van der Waals surface area (Å²) in [5.41, 5.74) is 1.74. The molecule has 2 aromatic rings. The van der Waals surface area contributed by atoms with Crippen LogP contribution in [-0.4, -0.2) is 57.3 Å². The first-order valence-corrected chi connectivity index (χ1v) is 10.1. The number of amides is 1. The van der Waals surface area contributed by atoms with Gasteiger partial charge < -0.3 is 24.4 Å². The minimum atomic E-state index is -0.00940. The van der Waals surface area contributed by atoms with Gasteiger partial charge in [0, 0.05) is 24.5 Å². The monoisotopic (exact) mass is 396 g/mol. The molecule has 2 heterocycles. The van der Waals surface area contributed by atoms with Crippen LogP contribution in [0.2, 0.25) is 0 Å². The second-order valence-corrected chi connectivity index (χ2v) is 7.57. The first-order chi connectivity index (χ1) is 14.2. The molecule has 2 aliphatic rings. The van der Waals surface area contributed by atoms with E-state index in [1.54, 1.807) is 21.3 Å². The number of ether oxygens (including phenoxy) is 3. The first-order valence-electron chi connectivity index (χ1n) is 10.1. The van der Waals surface area contributed by atoms with E-state index in [0.717, 1.165) is 25.1 Å². The van der Waals surface area contributed by atoms with E-state index in [9.17, 15) is 4.79 Å². The van der Waals surface area contributed by atoms with Crippen molar-refractivity contribution in [2.75, 3.05) is 34.4 Å². The van der Waals surface area contributed by atoms with Crippen LogP contribution in [0.1, 0.15) is 34.7 Å². The van der Waals surface area contributed by atoms with Crippen LogP contribution in [0.15, 0.2) is 42.5 Å². The summed E-state index contributed by atoms with van der Waals surface area (Å²) >= 11 is 0. The lowest BCUT2D eigenvalue weighted by atomic mass is 9.87. The van der Waals surface area contributed by atoms with E-state index in [1.165, 1.54) is 5.56 Å². The van der Waals surface area contributed by atoms with Crippen LogP contribution in [0.25, 0.3) is 0 Å². The van der Waals surface area contributed by atoms with Crippen LogP contribution in [0.4, 0.5) is 0 Å². The van der Waals surface area contributed by atoms with Crippen LogP contribution in [0.5, 0.6) is 17.2 Å². The molecular formula is C23H28N2O4. The number of para-hydroxylation sites is 1. The summed E-state index contributed by atoms with van der Waals surface area (Å²) in [6.45, 7) is 1.64. The molecule has 3 atom stereocenters. The molecule has 0 unspecified atom stereocenters. The van der Waals surface area contributed by atoms with Crippen molar-refractivity contribution in [2.45, 2.75) is 30.8 Å². The number of nitrogens with zero attached hydrogens (tertiary/aromatic N) is 1. The number of piperidine rings is 1. The van der Waals surface area contributed by atoms with Gasteiger partial charge in [0.2, 0.25) is 0 Å². The molecule has 2 aromatic carbocycles. The second kappa shape index (κ2) is 8.33. The van der Waals surface area contributed by atoms with E-state index >= 15 is 0 Å². The molecule has 1 N–H and O–H groups in total. The number of rotatable bonds is 5. The molecule has 154 valence electrons. The van der Waals surface area contributed by atoms with Gasteiger partial charge >= 0.3 is 0 Å². The molecule has 0 spiro atoms. The number of fused-ring (bicyclic) bond motifs is 1. The van der Waals surface area contributed by atoms with Gasteiger partial charge in [-0.25, -0.2) is 0 Å². The summed E-state index contributed by atoms with van der Waals surface area (Å²) < 4.78 is 16.3. The third-order valence-corrected chi connectivity index (χ3v) is 6.11. The third kappa shape index (κ3) is 3.53. The Labute approximate surface area is 171 Å². The largest absolute Gasteiger partial charge is 0.497 e. The minimum Gasteiger partial charge on any atom is -0.497 e. The van der Waals surface area contributed by atoms with Gasteiger partial charge in [0.1, 0.15) is 5.75 Å². The number of carbonyl (C=O) groups is 1. The number of benzene rings is 2. The summed E-state index contributed by atoms with van der Waals surface area (Å²) in [4.78, 5) is 15.6. The van der Waals surface area contributed by atoms with E-state index in [-0.39, 0.29) is 23.9 Å². The normalized spacial score (nSPS) is 23.4. The Morgan fingerprint density at radius 2 is 1.90 bits per heavy atom. The standard InChI is InChI=1S/C23H28N2O4/c1-27-16-8-4-7-15(13-16)18-14-25(19-10-6-12-24-21(18)19)23(26)17-9-5-11-20(28-2)22(17)29-3/h4-5,7-9,11,13,18-19,21,24H,6,10,12,14H2,1-3H3/t18-,19-,21-/m1/s1. The topological polar surface area (TPSA) is 60.0 Å². The zero-order valence-corrected chi connectivity index (χ0v) is 17.2. The van der Waals surface area contributed by atoms with Crippen LogP contribution >= 0.6 is 0 Å². The molecule has 1 amide bonds. The lowest BCUT2D eigenvalue weighted by Crippen LogP contribution is -2.49. The molecule has 0 aliphatic carbocycles. The lowest BCUT2D eigenvalue weighted by molar-refractivity contribution is 0.0701. The zero-order valence-electron chi connectivity index (χ0n) is 17.2. The predicted molar refractivity (Wildman–Crippen MR) is 111 cm³/mol. The molecule has 0 radical (unpaired) electrons. The number of likely N-dealkylation sites (tertiary alicyclic amines) is 1. The van der Waals surface area contributed by atoms with Crippen molar-refractivity contribution in [3.05, 3.63) is 53.6 Å². The van der Waals surface area contributed by atoms with Crippen LogP contribution < -0.4 is 19.5 Å². The van der Waals surface area contributed by atoms with Crippen molar-refractivity contribution < 1.29 is 19.0 Å².